The molecule has 2 aliphatic heterocycles. The van der Waals surface area contributed by atoms with Gasteiger partial charge in [-0.2, -0.15) is 0 Å². The Morgan fingerprint density at radius 2 is 2.11 bits per heavy atom. The highest BCUT2D eigenvalue weighted by molar-refractivity contribution is 7.90. The van der Waals surface area contributed by atoms with E-state index in [1.54, 1.807) is 36.7 Å². The molecule has 4 heterocycles. The smallest absolute Gasteiger partial charge is 0.268 e. The molecule has 0 atom stereocenters. The standard InChI is InChI=1S/C20H19N3O3S/c24-27(25,16-4-3-15-7-11-26-19(15)12-16)23-13-17(14-5-9-21-10-6-14)20-18(23)2-1-8-22-20/h1-5,8,12-13,21H,6-7,9-11H2. The largest absolute Gasteiger partial charge is 0.493 e. The SMILES string of the molecule is O=S(=O)(c1ccc2c(c1)OCC2)n1cc(C2=CCNCC2)c2ncccc21. The molecular formula is C20H19N3O3S. The summed E-state index contributed by atoms with van der Waals surface area (Å²) in [5.41, 5.74) is 4.37. The minimum atomic E-state index is -3.75. The number of hydrogen-bond acceptors (Lipinski definition) is 5. The highest BCUT2D eigenvalue weighted by atomic mass is 32.2. The summed E-state index contributed by atoms with van der Waals surface area (Å²) in [6.07, 6.45) is 7.18. The normalized spacial score (nSPS) is 16.8. The molecule has 5 rings (SSSR count). The van der Waals surface area contributed by atoms with E-state index in [0.717, 1.165) is 42.6 Å². The number of pyridine rings is 1. The topological polar surface area (TPSA) is 73.2 Å². The zero-order valence-corrected chi connectivity index (χ0v) is 15.5. The summed E-state index contributed by atoms with van der Waals surface area (Å²) in [6, 6.07) is 8.70. The maximum absolute atomic E-state index is 13.4. The van der Waals surface area contributed by atoms with Crippen LogP contribution in [0.1, 0.15) is 17.5 Å². The summed E-state index contributed by atoms with van der Waals surface area (Å²) in [5, 5.41) is 3.28. The molecule has 0 unspecified atom stereocenters. The molecule has 138 valence electrons. The Balaban J connectivity index is 1.69. The van der Waals surface area contributed by atoms with Crippen molar-refractivity contribution in [1.82, 2.24) is 14.3 Å². The minimum absolute atomic E-state index is 0.231. The van der Waals surface area contributed by atoms with E-state index in [0.29, 0.717) is 23.4 Å². The predicted octanol–water partition coefficient (Wildman–Crippen LogP) is 2.58. The van der Waals surface area contributed by atoms with Crippen molar-refractivity contribution in [3.05, 3.63) is 59.9 Å². The van der Waals surface area contributed by atoms with Gasteiger partial charge in [0.1, 0.15) is 5.75 Å². The fourth-order valence-electron chi connectivity index (χ4n) is 3.75. The van der Waals surface area contributed by atoms with Crippen LogP contribution in [0.4, 0.5) is 0 Å². The highest BCUT2D eigenvalue weighted by Crippen LogP contribution is 2.33. The Bertz CT molecular complexity index is 1180. The van der Waals surface area contributed by atoms with Crippen LogP contribution in [-0.4, -0.2) is 37.1 Å². The van der Waals surface area contributed by atoms with E-state index in [4.69, 9.17) is 4.74 Å². The first-order chi connectivity index (χ1) is 13.1. The zero-order chi connectivity index (χ0) is 18.4. The summed E-state index contributed by atoms with van der Waals surface area (Å²) >= 11 is 0. The van der Waals surface area contributed by atoms with Gasteiger partial charge < -0.3 is 10.1 Å². The average molecular weight is 381 g/mol. The molecule has 6 nitrogen and oxygen atoms in total. The van der Waals surface area contributed by atoms with Crippen LogP contribution in [0, 0.1) is 0 Å². The third-order valence-electron chi connectivity index (χ3n) is 5.16. The van der Waals surface area contributed by atoms with Gasteiger partial charge >= 0.3 is 0 Å². The van der Waals surface area contributed by atoms with Gasteiger partial charge in [-0.25, -0.2) is 12.4 Å². The van der Waals surface area contributed by atoms with Gasteiger partial charge in [-0.15, -0.1) is 0 Å². The maximum atomic E-state index is 13.4. The van der Waals surface area contributed by atoms with E-state index in [1.165, 1.54) is 3.97 Å². The molecule has 7 heteroatoms. The Kier molecular flexibility index (Phi) is 3.80. The second-order valence-corrected chi connectivity index (χ2v) is 8.58. The molecule has 0 saturated heterocycles. The van der Waals surface area contributed by atoms with E-state index in [-0.39, 0.29) is 4.90 Å². The van der Waals surface area contributed by atoms with Crippen molar-refractivity contribution in [2.45, 2.75) is 17.7 Å². The van der Waals surface area contributed by atoms with Crippen molar-refractivity contribution in [3.8, 4) is 5.75 Å². The number of aromatic nitrogens is 2. The second-order valence-electron chi connectivity index (χ2n) is 6.77. The number of rotatable bonds is 3. The van der Waals surface area contributed by atoms with Gasteiger partial charge in [0.25, 0.3) is 10.0 Å². The van der Waals surface area contributed by atoms with Crippen LogP contribution in [0.2, 0.25) is 0 Å². The third kappa shape index (κ3) is 2.65. The molecule has 0 bridgehead atoms. The summed E-state index contributed by atoms with van der Waals surface area (Å²) in [6.45, 7) is 2.26. The fourth-order valence-corrected chi connectivity index (χ4v) is 5.13. The molecule has 2 aromatic heterocycles. The molecule has 0 aliphatic carbocycles. The quantitative estimate of drug-likeness (QED) is 0.755. The molecule has 1 aromatic carbocycles. The first kappa shape index (κ1) is 16.5. The van der Waals surface area contributed by atoms with Gasteiger partial charge in [0.2, 0.25) is 0 Å². The van der Waals surface area contributed by atoms with Crippen LogP contribution in [0.3, 0.4) is 0 Å². The highest BCUT2D eigenvalue weighted by Gasteiger charge is 2.25. The van der Waals surface area contributed by atoms with Crippen molar-refractivity contribution in [1.29, 1.82) is 0 Å². The number of nitrogens with one attached hydrogen (secondary N) is 1. The summed E-state index contributed by atoms with van der Waals surface area (Å²) < 4.78 is 33.7. The number of fused-ring (bicyclic) bond motifs is 2. The number of nitrogens with zero attached hydrogens (tertiary/aromatic N) is 2. The third-order valence-corrected chi connectivity index (χ3v) is 6.83. The maximum Gasteiger partial charge on any atom is 0.268 e. The van der Waals surface area contributed by atoms with Gasteiger partial charge in [-0.3, -0.25) is 4.98 Å². The Hall–Kier alpha value is -2.64. The number of ether oxygens (including phenoxy) is 1. The monoisotopic (exact) mass is 381 g/mol. The summed E-state index contributed by atoms with van der Waals surface area (Å²) in [7, 11) is -3.75. The molecule has 0 fully saturated rings. The molecule has 0 saturated carbocycles. The van der Waals surface area contributed by atoms with Gasteiger partial charge in [0.05, 0.1) is 22.5 Å². The van der Waals surface area contributed by atoms with Crippen molar-refractivity contribution < 1.29 is 13.2 Å². The van der Waals surface area contributed by atoms with Crippen LogP contribution < -0.4 is 10.1 Å². The van der Waals surface area contributed by atoms with Crippen molar-refractivity contribution in [2.75, 3.05) is 19.7 Å². The first-order valence-electron chi connectivity index (χ1n) is 9.02. The Morgan fingerprint density at radius 3 is 2.96 bits per heavy atom. The van der Waals surface area contributed by atoms with E-state index in [2.05, 4.69) is 16.4 Å². The first-order valence-corrected chi connectivity index (χ1v) is 10.5. The molecule has 0 spiro atoms. The molecular weight excluding hydrogens is 362 g/mol. The fraction of sp³-hybridized carbons (Fsp3) is 0.250. The van der Waals surface area contributed by atoms with E-state index in [9.17, 15) is 8.42 Å². The number of benzene rings is 1. The Morgan fingerprint density at radius 1 is 1.19 bits per heavy atom. The van der Waals surface area contributed by atoms with Crippen molar-refractivity contribution >= 4 is 26.6 Å². The zero-order valence-electron chi connectivity index (χ0n) is 14.7. The van der Waals surface area contributed by atoms with E-state index < -0.39 is 10.0 Å². The van der Waals surface area contributed by atoms with Gasteiger partial charge in [-0.1, -0.05) is 12.1 Å². The average Bonchev–Trinajstić information content (AvgIpc) is 3.33. The predicted molar refractivity (Wildman–Crippen MR) is 103 cm³/mol. The second kappa shape index (κ2) is 6.21. The van der Waals surface area contributed by atoms with Gasteiger partial charge in [0, 0.05) is 37.0 Å². The summed E-state index contributed by atoms with van der Waals surface area (Å²) in [4.78, 5) is 4.70. The molecule has 0 radical (unpaired) electrons. The van der Waals surface area contributed by atoms with Gasteiger partial charge in [-0.05, 0) is 42.3 Å². The lowest BCUT2D eigenvalue weighted by molar-refractivity contribution is 0.356. The lowest BCUT2D eigenvalue weighted by atomic mass is 10.0. The minimum Gasteiger partial charge on any atom is -0.493 e. The number of hydrogen-bond donors (Lipinski definition) is 1. The lowest BCUT2D eigenvalue weighted by Crippen LogP contribution is -2.20. The van der Waals surface area contributed by atoms with Crippen molar-refractivity contribution in [3.63, 3.8) is 0 Å². The van der Waals surface area contributed by atoms with Crippen LogP contribution in [-0.2, 0) is 16.4 Å². The lowest BCUT2D eigenvalue weighted by Gasteiger charge is -2.12. The summed E-state index contributed by atoms with van der Waals surface area (Å²) in [5.74, 6) is 0.659. The molecule has 27 heavy (non-hydrogen) atoms. The molecule has 0 amide bonds. The molecule has 3 aromatic rings. The van der Waals surface area contributed by atoms with Crippen LogP contribution in [0.5, 0.6) is 5.75 Å². The van der Waals surface area contributed by atoms with Crippen LogP contribution in [0.15, 0.2) is 53.7 Å². The van der Waals surface area contributed by atoms with E-state index >= 15 is 0 Å². The van der Waals surface area contributed by atoms with Gasteiger partial charge in [0.15, 0.2) is 0 Å². The van der Waals surface area contributed by atoms with Crippen molar-refractivity contribution in [2.24, 2.45) is 0 Å². The Labute approximate surface area is 157 Å². The van der Waals surface area contributed by atoms with E-state index in [1.807, 2.05) is 6.07 Å². The molecule has 2 aliphatic rings. The van der Waals surface area contributed by atoms with Crippen LogP contribution >= 0.6 is 0 Å². The molecule has 1 N–H and O–H groups in total. The van der Waals surface area contributed by atoms with Crippen LogP contribution in [0.25, 0.3) is 16.6 Å².